The molecule has 0 spiro atoms. The molecule has 0 aromatic rings. The minimum absolute atomic E-state index is 0.260. The first-order valence-electron chi connectivity index (χ1n) is 5.12. The maximum absolute atomic E-state index is 11.2. The van der Waals surface area contributed by atoms with Crippen molar-refractivity contribution in [2.75, 3.05) is 45.0 Å². The average molecular weight is 251 g/mol. The van der Waals surface area contributed by atoms with Crippen molar-refractivity contribution in [1.82, 2.24) is 14.9 Å². The van der Waals surface area contributed by atoms with Gasteiger partial charge in [0.15, 0.2) is 5.75 Å². The van der Waals surface area contributed by atoms with Gasteiger partial charge in [-0.1, -0.05) is 0 Å². The summed E-state index contributed by atoms with van der Waals surface area (Å²) < 4.78 is 24.6. The molecule has 0 amide bonds. The Morgan fingerprint density at radius 3 is 2.56 bits per heavy atom. The van der Waals surface area contributed by atoms with Gasteiger partial charge < -0.3 is 10.4 Å². The number of piperazine rings is 1. The van der Waals surface area contributed by atoms with E-state index in [0.29, 0.717) is 6.54 Å². The van der Waals surface area contributed by atoms with E-state index in [1.54, 1.807) is 0 Å². The third-order valence-electron chi connectivity index (χ3n) is 2.27. The zero-order valence-electron chi connectivity index (χ0n) is 8.98. The van der Waals surface area contributed by atoms with Gasteiger partial charge in [0.05, 0.1) is 0 Å². The van der Waals surface area contributed by atoms with E-state index in [0.717, 1.165) is 26.2 Å². The fraction of sp³-hybridized carbons (Fsp3) is 0.875. The lowest BCUT2D eigenvalue weighted by atomic mass is 10.3. The molecule has 1 aliphatic heterocycles. The smallest absolute Gasteiger partial charge is 0.320 e. The Balaban J connectivity index is 2.21. The van der Waals surface area contributed by atoms with Crippen molar-refractivity contribution in [2.24, 2.45) is 0 Å². The molecule has 0 aromatic heterocycles. The molecule has 7 nitrogen and oxygen atoms in total. The van der Waals surface area contributed by atoms with Gasteiger partial charge in [-0.15, -0.1) is 0 Å². The largest absolute Gasteiger partial charge is 0.480 e. The topological polar surface area (TPSA) is 98.7 Å². The summed E-state index contributed by atoms with van der Waals surface area (Å²) in [5, 5.41) is 11.5. The van der Waals surface area contributed by atoms with Gasteiger partial charge in [0.2, 0.25) is 10.0 Å². The molecule has 0 bridgehead atoms. The highest BCUT2D eigenvalue weighted by Crippen LogP contribution is 1.91. The summed E-state index contributed by atoms with van der Waals surface area (Å²) in [6, 6.07) is 0. The fourth-order valence-electron chi connectivity index (χ4n) is 1.51. The van der Waals surface area contributed by atoms with Crippen molar-refractivity contribution in [1.29, 1.82) is 0 Å². The number of hydrogen-bond donors (Lipinski definition) is 3. The van der Waals surface area contributed by atoms with Gasteiger partial charge >= 0.3 is 5.97 Å². The van der Waals surface area contributed by atoms with Gasteiger partial charge in [-0.3, -0.25) is 9.69 Å². The van der Waals surface area contributed by atoms with Crippen molar-refractivity contribution < 1.29 is 18.3 Å². The predicted molar refractivity (Wildman–Crippen MR) is 58.7 cm³/mol. The summed E-state index contributed by atoms with van der Waals surface area (Å²) in [6.07, 6.45) is 0. The lowest BCUT2D eigenvalue weighted by molar-refractivity contribution is -0.134. The van der Waals surface area contributed by atoms with E-state index in [4.69, 9.17) is 5.11 Å². The highest BCUT2D eigenvalue weighted by molar-refractivity contribution is 7.90. The van der Waals surface area contributed by atoms with Crippen molar-refractivity contribution in [3.63, 3.8) is 0 Å². The number of rotatable bonds is 6. The van der Waals surface area contributed by atoms with Crippen LogP contribution in [-0.2, 0) is 14.8 Å². The lowest BCUT2D eigenvalue weighted by Gasteiger charge is -2.26. The summed E-state index contributed by atoms with van der Waals surface area (Å²) in [5.41, 5.74) is 0. The monoisotopic (exact) mass is 251 g/mol. The molecule has 1 heterocycles. The first kappa shape index (κ1) is 13.4. The summed E-state index contributed by atoms with van der Waals surface area (Å²) in [5.74, 6) is -2.20. The Hall–Kier alpha value is -0.700. The van der Waals surface area contributed by atoms with E-state index in [1.807, 2.05) is 0 Å². The summed E-state index contributed by atoms with van der Waals surface area (Å²) >= 11 is 0. The van der Waals surface area contributed by atoms with Crippen LogP contribution in [0.5, 0.6) is 0 Å². The molecule has 1 saturated heterocycles. The molecule has 1 rings (SSSR count). The highest BCUT2D eigenvalue weighted by Gasteiger charge is 2.15. The van der Waals surface area contributed by atoms with Crippen LogP contribution in [0.2, 0.25) is 0 Å². The molecule has 0 radical (unpaired) electrons. The van der Waals surface area contributed by atoms with E-state index in [-0.39, 0.29) is 6.54 Å². The van der Waals surface area contributed by atoms with E-state index in [9.17, 15) is 13.2 Å². The van der Waals surface area contributed by atoms with Crippen LogP contribution in [0, 0.1) is 0 Å². The van der Waals surface area contributed by atoms with E-state index >= 15 is 0 Å². The highest BCUT2D eigenvalue weighted by atomic mass is 32.2. The molecule has 3 N–H and O–H groups in total. The molecular formula is C8H17N3O4S. The molecule has 94 valence electrons. The number of sulfonamides is 1. The van der Waals surface area contributed by atoms with E-state index < -0.39 is 21.7 Å². The van der Waals surface area contributed by atoms with Gasteiger partial charge in [0.25, 0.3) is 0 Å². The van der Waals surface area contributed by atoms with Gasteiger partial charge in [-0.2, -0.15) is 0 Å². The Morgan fingerprint density at radius 2 is 2.00 bits per heavy atom. The molecule has 0 atom stereocenters. The second-order valence-electron chi connectivity index (χ2n) is 3.64. The fourth-order valence-corrected chi connectivity index (χ4v) is 2.34. The number of hydrogen-bond acceptors (Lipinski definition) is 5. The first-order valence-corrected chi connectivity index (χ1v) is 6.77. The van der Waals surface area contributed by atoms with Gasteiger partial charge in [-0.25, -0.2) is 13.1 Å². The zero-order chi connectivity index (χ0) is 12.0. The molecular weight excluding hydrogens is 234 g/mol. The number of aliphatic carboxylic acids is 1. The Kier molecular flexibility index (Phi) is 5.13. The molecule has 1 aliphatic rings. The number of carbonyl (C=O) groups is 1. The maximum Gasteiger partial charge on any atom is 0.320 e. The quantitative estimate of drug-likeness (QED) is 0.500. The zero-order valence-corrected chi connectivity index (χ0v) is 9.79. The van der Waals surface area contributed by atoms with Crippen molar-refractivity contribution >= 4 is 16.0 Å². The second-order valence-corrected chi connectivity index (χ2v) is 5.45. The number of nitrogens with one attached hydrogen (secondary N) is 2. The van der Waals surface area contributed by atoms with Crippen LogP contribution in [0.4, 0.5) is 0 Å². The van der Waals surface area contributed by atoms with Gasteiger partial charge in [0.1, 0.15) is 0 Å². The number of nitrogens with zero attached hydrogens (tertiary/aromatic N) is 1. The summed E-state index contributed by atoms with van der Waals surface area (Å²) in [7, 11) is -3.67. The van der Waals surface area contributed by atoms with E-state index in [2.05, 4.69) is 14.9 Å². The van der Waals surface area contributed by atoms with Crippen LogP contribution in [0.1, 0.15) is 0 Å². The summed E-state index contributed by atoms with van der Waals surface area (Å²) in [6.45, 7) is 4.46. The van der Waals surface area contributed by atoms with Crippen LogP contribution in [0.15, 0.2) is 0 Å². The second kappa shape index (κ2) is 6.14. The van der Waals surface area contributed by atoms with Crippen LogP contribution >= 0.6 is 0 Å². The predicted octanol–water partition coefficient (Wildman–Crippen LogP) is -2.10. The van der Waals surface area contributed by atoms with Gasteiger partial charge in [-0.05, 0) is 0 Å². The Bertz CT molecular complexity index is 324. The molecule has 0 unspecified atom stereocenters. The third-order valence-corrected chi connectivity index (χ3v) is 3.54. The molecule has 0 aliphatic carbocycles. The normalized spacial score (nSPS) is 18.5. The molecule has 1 fully saturated rings. The van der Waals surface area contributed by atoms with E-state index in [1.165, 1.54) is 0 Å². The third kappa shape index (κ3) is 5.40. The van der Waals surface area contributed by atoms with Crippen LogP contribution in [0.25, 0.3) is 0 Å². The number of carboxylic acid groups (broad SMARTS) is 1. The average Bonchev–Trinajstić information content (AvgIpc) is 2.16. The SMILES string of the molecule is O=C(O)CS(=O)(=O)NCCN1CCNCC1. The van der Waals surface area contributed by atoms with Crippen LogP contribution in [-0.4, -0.2) is 69.4 Å². The Labute approximate surface area is 94.9 Å². The molecule has 16 heavy (non-hydrogen) atoms. The minimum atomic E-state index is -3.67. The van der Waals surface area contributed by atoms with Gasteiger partial charge in [0, 0.05) is 39.3 Å². The maximum atomic E-state index is 11.2. The van der Waals surface area contributed by atoms with Crippen molar-refractivity contribution in [3.8, 4) is 0 Å². The van der Waals surface area contributed by atoms with Crippen molar-refractivity contribution in [3.05, 3.63) is 0 Å². The number of carboxylic acids is 1. The molecule has 0 aromatic carbocycles. The minimum Gasteiger partial charge on any atom is -0.480 e. The first-order chi connectivity index (χ1) is 7.49. The molecule has 0 saturated carbocycles. The molecule has 8 heteroatoms. The Morgan fingerprint density at radius 1 is 1.38 bits per heavy atom. The van der Waals surface area contributed by atoms with Crippen molar-refractivity contribution in [2.45, 2.75) is 0 Å². The lowest BCUT2D eigenvalue weighted by Crippen LogP contribution is -2.46. The summed E-state index contributed by atoms with van der Waals surface area (Å²) in [4.78, 5) is 12.4. The standard InChI is InChI=1S/C8H17N3O4S/c12-8(13)7-16(14,15)10-3-6-11-4-1-9-2-5-11/h9-10H,1-7H2,(H,12,13). The van der Waals surface area contributed by atoms with Crippen LogP contribution < -0.4 is 10.0 Å². The van der Waals surface area contributed by atoms with Crippen LogP contribution in [0.3, 0.4) is 0 Å².